The topological polar surface area (TPSA) is 93.1 Å². The molecule has 0 aliphatic rings. The first-order valence-corrected chi connectivity index (χ1v) is 7.66. The summed E-state index contributed by atoms with van der Waals surface area (Å²) in [6, 6.07) is 2.99. The van der Waals surface area contributed by atoms with Crippen molar-refractivity contribution in [3.63, 3.8) is 0 Å². The van der Waals surface area contributed by atoms with Crippen molar-refractivity contribution in [3.8, 4) is 11.5 Å². The molecule has 21 heavy (non-hydrogen) atoms. The minimum absolute atomic E-state index is 0.0534. The van der Waals surface area contributed by atoms with E-state index in [1.165, 1.54) is 39.5 Å². The van der Waals surface area contributed by atoms with E-state index in [9.17, 15) is 13.2 Å². The Kier molecular flexibility index (Phi) is 5.56. The van der Waals surface area contributed by atoms with Crippen LogP contribution in [-0.4, -0.2) is 51.1 Å². The van der Waals surface area contributed by atoms with Crippen molar-refractivity contribution in [1.82, 2.24) is 4.31 Å². The highest BCUT2D eigenvalue weighted by molar-refractivity contribution is 7.89. The number of benzene rings is 1. The van der Waals surface area contributed by atoms with Crippen LogP contribution in [0, 0.1) is 0 Å². The molecule has 0 aliphatic heterocycles. The summed E-state index contributed by atoms with van der Waals surface area (Å²) in [5.41, 5.74) is 0. The van der Waals surface area contributed by atoms with Crippen molar-refractivity contribution in [1.29, 1.82) is 0 Å². The van der Waals surface area contributed by atoms with E-state index in [2.05, 4.69) is 0 Å². The van der Waals surface area contributed by atoms with Gasteiger partial charge in [-0.05, 0) is 18.6 Å². The number of carbonyl (C=O) groups is 1. The number of aliphatic carboxylic acids is 1. The molecule has 0 heterocycles. The maximum Gasteiger partial charge on any atom is 0.321 e. The van der Waals surface area contributed by atoms with Gasteiger partial charge in [-0.15, -0.1) is 0 Å². The summed E-state index contributed by atoms with van der Waals surface area (Å²) in [5.74, 6) is -0.538. The van der Waals surface area contributed by atoms with Gasteiger partial charge in [0.2, 0.25) is 10.0 Å². The second-order valence-corrected chi connectivity index (χ2v) is 6.30. The molecule has 0 radical (unpaired) electrons. The number of rotatable bonds is 7. The molecular formula is C13H19NO6S. The maximum absolute atomic E-state index is 12.5. The van der Waals surface area contributed by atoms with E-state index in [0.717, 1.165) is 4.31 Å². The third-order valence-electron chi connectivity index (χ3n) is 3.14. The van der Waals surface area contributed by atoms with E-state index in [0.29, 0.717) is 5.75 Å². The van der Waals surface area contributed by atoms with Gasteiger partial charge in [-0.3, -0.25) is 4.79 Å². The zero-order valence-electron chi connectivity index (χ0n) is 12.4. The fourth-order valence-corrected chi connectivity index (χ4v) is 3.30. The minimum Gasteiger partial charge on any atom is -0.493 e. The minimum atomic E-state index is -3.94. The Bertz CT molecular complexity index is 613. The largest absolute Gasteiger partial charge is 0.493 e. The molecule has 1 aromatic carbocycles. The van der Waals surface area contributed by atoms with Gasteiger partial charge < -0.3 is 14.6 Å². The number of sulfonamides is 1. The molecule has 1 rings (SSSR count). The van der Waals surface area contributed by atoms with Crippen LogP contribution in [-0.2, 0) is 14.8 Å². The number of likely N-dealkylation sites (N-methyl/N-ethyl adjacent to an activating group) is 1. The van der Waals surface area contributed by atoms with E-state index in [4.69, 9.17) is 14.6 Å². The summed E-state index contributed by atoms with van der Waals surface area (Å²) in [7, 11) is 0.142. The average molecular weight is 317 g/mol. The van der Waals surface area contributed by atoms with Gasteiger partial charge in [0.15, 0.2) is 11.5 Å². The van der Waals surface area contributed by atoms with Gasteiger partial charge in [-0.1, -0.05) is 6.92 Å². The van der Waals surface area contributed by atoms with Crippen LogP contribution in [0.5, 0.6) is 11.5 Å². The average Bonchev–Trinajstić information content (AvgIpc) is 2.46. The second-order valence-electron chi connectivity index (χ2n) is 4.30. The molecule has 0 bridgehead atoms. The van der Waals surface area contributed by atoms with Crippen LogP contribution in [0.4, 0.5) is 0 Å². The Labute approximate surface area is 124 Å². The van der Waals surface area contributed by atoms with Crippen LogP contribution in [0.3, 0.4) is 0 Å². The zero-order chi connectivity index (χ0) is 16.2. The van der Waals surface area contributed by atoms with Gasteiger partial charge in [0, 0.05) is 13.1 Å². The van der Waals surface area contributed by atoms with Crippen LogP contribution >= 0.6 is 0 Å². The van der Waals surface area contributed by atoms with Crippen LogP contribution < -0.4 is 9.47 Å². The molecule has 1 atom stereocenters. The Morgan fingerprint density at radius 1 is 1.29 bits per heavy atom. The normalized spacial score (nSPS) is 13.0. The molecule has 7 nitrogen and oxygen atoms in total. The Morgan fingerprint density at radius 3 is 2.29 bits per heavy atom. The smallest absolute Gasteiger partial charge is 0.321 e. The molecule has 1 aromatic rings. The summed E-state index contributed by atoms with van der Waals surface area (Å²) >= 11 is 0. The maximum atomic E-state index is 12.5. The van der Waals surface area contributed by atoms with E-state index >= 15 is 0 Å². The second kappa shape index (κ2) is 6.77. The number of hydrogen-bond donors (Lipinski definition) is 1. The molecular weight excluding hydrogens is 298 g/mol. The zero-order valence-corrected chi connectivity index (χ0v) is 13.2. The number of methoxy groups -OCH3 is 2. The fraction of sp³-hybridized carbons (Fsp3) is 0.462. The quantitative estimate of drug-likeness (QED) is 0.812. The molecule has 0 fully saturated rings. The van der Waals surface area contributed by atoms with Crippen LogP contribution in [0.25, 0.3) is 0 Å². The lowest BCUT2D eigenvalue weighted by atomic mass is 10.2. The Hall–Kier alpha value is -1.80. The van der Waals surface area contributed by atoms with E-state index in [1.54, 1.807) is 6.92 Å². The van der Waals surface area contributed by atoms with Crippen LogP contribution in [0.2, 0.25) is 0 Å². The first-order chi connectivity index (χ1) is 9.79. The van der Waals surface area contributed by atoms with Crippen LogP contribution in [0.1, 0.15) is 13.3 Å². The summed E-state index contributed by atoms with van der Waals surface area (Å²) in [4.78, 5) is 11.1. The predicted molar refractivity (Wildman–Crippen MR) is 76.2 cm³/mol. The third-order valence-corrected chi connectivity index (χ3v) is 5.01. The van der Waals surface area contributed by atoms with Gasteiger partial charge >= 0.3 is 5.97 Å². The molecule has 0 spiro atoms. The standard InChI is InChI=1S/C13H19NO6S/c1-5-10(13(15)16)14(2)21(17,18)9-6-7-11(19-3)12(8-9)20-4/h6-8,10H,5H2,1-4H3,(H,15,16). The summed E-state index contributed by atoms with van der Waals surface area (Å²) in [5, 5.41) is 9.09. The SMILES string of the molecule is CCC(C(=O)O)N(C)S(=O)(=O)c1ccc(OC)c(OC)c1. The molecule has 8 heteroatoms. The number of nitrogens with zero attached hydrogens (tertiary/aromatic N) is 1. The highest BCUT2D eigenvalue weighted by atomic mass is 32.2. The van der Waals surface area contributed by atoms with Crippen molar-refractivity contribution in [2.45, 2.75) is 24.3 Å². The molecule has 0 saturated heterocycles. The van der Waals surface area contributed by atoms with Crippen molar-refractivity contribution in [3.05, 3.63) is 18.2 Å². The monoisotopic (exact) mass is 317 g/mol. The highest BCUT2D eigenvalue weighted by Crippen LogP contribution is 2.30. The lowest BCUT2D eigenvalue weighted by Gasteiger charge is -2.23. The third kappa shape index (κ3) is 3.45. The highest BCUT2D eigenvalue weighted by Gasteiger charge is 2.32. The molecule has 0 aromatic heterocycles. The molecule has 0 aliphatic carbocycles. The van der Waals surface area contributed by atoms with Crippen molar-refractivity contribution in [2.75, 3.05) is 21.3 Å². The van der Waals surface area contributed by atoms with Gasteiger partial charge in [0.05, 0.1) is 19.1 Å². The van der Waals surface area contributed by atoms with E-state index < -0.39 is 22.0 Å². The lowest BCUT2D eigenvalue weighted by molar-refractivity contribution is -0.141. The fourth-order valence-electron chi connectivity index (χ4n) is 1.90. The van der Waals surface area contributed by atoms with Gasteiger partial charge in [-0.25, -0.2) is 8.42 Å². The number of carboxylic acid groups (broad SMARTS) is 1. The van der Waals surface area contributed by atoms with E-state index in [-0.39, 0.29) is 17.1 Å². The van der Waals surface area contributed by atoms with Crippen molar-refractivity contribution in [2.24, 2.45) is 0 Å². The number of hydrogen-bond acceptors (Lipinski definition) is 5. The number of carboxylic acids is 1. The Morgan fingerprint density at radius 2 is 1.86 bits per heavy atom. The summed E-state index contributed by atoms with van der Waals surface area (Å²) < 4.78 is 35.9. The molecule has 118 valence electrons. The number of ether oxygens (including phenoxy) is 2. The first-order valence-electron chi connectivity index (χ1n) is 6.22. The first kappa shape index (κ1) is 17.3. The van der Waals surface area contributed by atoms with Gasteiger partial charge in [0.1, 0.15) is 6.04 Å². The predicted octanol–water partition coefficient (Wildman–Crippen LogP) is 1.19. The Balaban J connectivity index is 3.27. The molecule has 0 saturated carbocycles. The van der Waals surface area contributed by atoms with Crippen molar-refractivity contribution >= 4 is 16.0 Å². The molecule has 1 unspecified atom stereocenters. The summed E-state index contributed by atoms with van der Waals surface area (Å²) in [6.07, 6.45) is 0.165. The van der Waals surface area contributed by atoms with Gasteiger partial charge in [0.25, 0.3) is 0 Å². The van der Waals surface area contributed by atoms with E-state index in [1.807, 2.05) is 0 Å². The molecule has 0 amide bonds. The van der Waals surface area contributed by atoms with Gasteiger partial charge in [-0.2, -0.15) is 4.31 Å². The molecule has 1 N–H and O–H groups in total. The van der Waals surface area contributed by atoms with Crippen LogP contribution in [0.15, 0.2) is 23.1 Å². The van der Waals surface area contributed by atoms with Crippen molar-refractivity contribution < 1.29 is 27.8 Å². The summed E-state index contributed by atoms with van der Waals surface area (Å²) in [6.45, 7) is 1.61. The lowest BCUT2D eigenvalue weighted by Crippen LogP contribution is -2.41.